The fourth-order valence-corrected chi connectivity index (χ4v) is 0.763. The van der Waals surface area contributed by atoms with E-state index >= 15 is 0 Å². The summed E-state index contributed by atoms with van der Waals surface area (Å²) in [6.45, 7) is 2.33. The van der Waals surface area contributed by atoms with E-state index in [1.165, 1.54) is 0 Å². The number of nitrogens with zero attached hydrogens (tertiary/aromatic N) is 1. The highest BCUT2D eigenvalue weighted by Crippen LogP contribution is 1.97. The van der Waals surface area contributed by atoms with Gasteiger partial charge in [-0.3, -0.25) is 4.79 Å². The lowest BCUT2D eigenvalue weighted by molar-refractivity contribution is -0.123. The molecule has 4 heteroatoms. The van der Waals surface area contributed by atoms with Crippen molar-refractivity contribution in [3.8, 4) is 6.07 Å². The first-order valence-electron chi connectivity index (χ1n) is 3.93. The minimum Gasteiger partial charge on any atom is -0.356 e. The molecule has 1 N–H and O–H groups in total. The van der Waals surface area contributed by atoms with Crippen LogP contribution in [-0.2, 0) is 4.79 Å². The first-order valence-corrected chi connectivity index (χ1v) is 4.46. The molecule has 0 aromatic rings. The van der Waals surface area contributed by atoms with E-state index in [1.807, 2.05) is 6.07 Å². The monoisotopic (exact) mass is 188 g/mol. The van der Waals surface area contributed by atoms with Crippen molar-refractivity contribution in [3.05, 3.63) is 0 Å². The SMILES string of the molecule is CC(CCl)C(=O)NCCCC#N. The average molecular weight is 189 g/mol. The first kappa shape index (κ1) is 11.2. The van der Waals surface area contributed by atoms with E-state index in [9.17, 15) is 4.79 Å². The highest BCUT2D eigenvalue weighted by molar-refractivity contribution is 6.19. The molecule has 0 aliphatic carbocycles. The molecular weight excluding hydrogens is 176 g/mol. The van der Waals surface area contributed by atoms with Gasteiger partial charge in [0, 0.05) is 24.8 Å². The van der Waals surface area contributed by atoms with Crippen LogP contribution in [0.25, 0.3) is 0 Å². The Morgan fingerprint density at radius 3 is 2.92 bits per heavy atom. The topological polar surface area (TPSA) is 52.9 Å². The third-order valence-electron chi connectivity index (χ3n) is 1.44. The molecule has 0 saturated carbocycles. The summed E-state index contributed by atoms with van der Waals surface area (Å²) < 4.78 is 0. The van der Waals surface area contributed by atoms with Crippen LogP contribution in [0, 0.1) is 17.2 Å². The number of nitriles is 1. The second kappa shape index (κ2) is 6.93. The molecule has 0 saturated heterocycles. The Hall–Kier alpha value is -0.750. The van der Waals surface area contributed by atoms with Gasteiger partial charge in [-0.15, -0.1) is 11.6 Å². The third kappa shape index (κ3) is 4.97. The summed E-state index contributed by atoms with van der Waals surface area (Å²) in [7, 11) is 0. The molecule has 12 heavy (non-hydrogen) atoms. The number of nitrogens with one attached hydrogen (secondary N) is 1. The quantitative estimate of drug-likeness (QED) is 0.522. The Kier molecular flexibility index (Phi) is 6.50. The number of amides is 1. The van der Waals surface area contributed by atoms with E-state index in [0.29, 0.717) is 25.3 Å². The van der Waals surface area contributed by atoms with Gasteiger partial charge in [-0.25, -0.2) is 0 Å². The number of rotatable bonds is 5. The van der Waals surface area contributed by atoms with Crippen LogP contribution in [0.2, 0.25) is 0 Å². The number of alkyl halides is 1. The smallest absolute Gasteiger partial charge is 0.224 e. The molecule has 68 valence electrons. The molecule has 0 heterocycles. The Bertz CT molecular complexity index is 176. The second-order valence-electron chi connectivity index (χ2n) is 2.61. The predicted molar refractivity (Wildman–Crippen MR) is 47.7 cm³/mol. The molecule has 1 unspecified atom stereocenters. The molecule has 0 aromatic heterocycles. The van der Waals surface area contributed by atoms with E-state index in [1.54, 1.807) is 6.92 Å². The van der Waals surface area contributed by atoms with Crippen LogP contribution in [0.5, 0.6) is 0 Å². The van der Waals surface area contributed by atoms with E-state index in [0.717, 1.165) is 0 Å². The maximum Gasteiger partial charge on any atom is 0.224 e. The second-order valence-corrected chi connectivity index (χ2v) is 2.92. The summed E-state index contributed by atoms with van der Waals surface area (Å²) in [6.07, 6.45) is 1.19. The predicted octanol–water partition coefficient (Wildman–Crippen LogP) is 1.28. The van der Waals surface area contributed by atoms with Crippen molar-refractivity contribution < 1.29 is 4.79 Å². The van der Waals surface area contributed by atoms with Crippen molar-refractivity contribution in [2.24, 2.45) is 5.92 Å². The van der Waals surface area contributed by atoms with Crippen LogP contribution in [0.15, 0.2) is 0 Å². The number of halogens is 1. The normalized spacial score (nSPS) is 11.8. The van der Waals surface area contributed by atoms with Gasteiger partial charge in [-0.1, -0.05) is 6.92 Å². The highest BCUT2D eigenvalue weighted by atomic mass is 35.5. The van der Waals surface area contributed by atoms with Crippen LogP contribution in [0.4, 0.5) is 0 Å². The summed E-state index contributed by atoms with van der Waals surface area (Å²) in [5.41, 5.74) is 0. The van der Waals surface area contributed by atoms with Crippen molar-refractivity contribution in [1.29, 1.82) is 5.26 Å². The van der Waals surface area contributed by atoms with Gasteiger partial charge in [0.1, 0.15) is 0 Å². The lowest BCUT2D eigenvalue weighted by atomic mass is 10.2. The van der Waals surface area contributed by atoms with Crippen LogP contribution in [0.3, 0.4) is 0 Å². The first-order chi connectivity index (χ1) is 5.72. The number of carbonyl (C=O) groups excluding carboxylic acids is 1. The standard InChI is InChI=1S/C8H13ClN2O/c1-7(6-9)8(12)11-5-3-2-4-10/h7H,2-3,5-6H2,1H3,(H,11,12). The molecule has 0 aliphatic rings. The molecule has 3 nitrogen and oxygen atoms in total. The van der Waals surface area contributed by atoms with Gasteiger partial charge < -0.3 is 5.32 Å². The van der Waals surface area contributed by atoms with Gasteiger partial charge in [0.2, 0.25) is 5.91 Å². The van der Waals surface area contributed by atoms with E-state index in [4.69, 9.17) is 16.9 Å². The molecule has 0 aromatic carbocycles. The van der Waals surface area contributed by atoms with Gasteiger partial charge in [-0.2, -0.15) is 5.26 Å². The van der Waals surface area contributed by atoms with Crippen molar-refractivity contribution in [2.75, 3.05) is 12.4 Å². The highest BCUT2D eigenvalue weighted by Gasteiger charge is 2.09. The minimum atomic E-state index is -0.145. The van der Waals surface area contributed by atoms with Crippen LogP contribution in [0.1, 0.15) is 19.8 Å². The summed E-state index contributed by atoms with van der Waals surface area (Å²) in [6, 6.07) is 2.01. The van der Waals surface area contributed by atoms with Crippen molar-refractivity contribution in [2.45, 2.75) is 19.8 Å². The van der Waals surface area contributed by atoms with Crippen LogP contribution < -0.4 is 5.32 Å². The van der Waals surface area contributed by atoms with Crippen LogP contribution in [-0.4, -0.2) is 18.3 Å². The minimum absolute atomic E-state index is 0.0389. The molecule has 0 spiro atoms. The Labute approximate surface area is 77.7 Å². The van der Waals surface area contributed by atoms with Gasteiger partial charge in [0.25, 0.3) is 0 Å². The Balaban J connectivity index is 3.39. The summed E-state index contributed by atoms with van der Waals surface area (Å²) >= 11 is 5.47. The fourth-order valence-electron chi connectivity index (χ4n) is 0.623. The molecule has 0 rings (SSSR count). The molecule has 0 bridgehead atoms. The Morgan fingerprint density at radius 1 is 1.75 bits per heavy atom. The van der Waals surface area contributed by atoms with Gasteiger partial charge in [0.05, 0.1) is 6.07 Å². The molecule has 1 amide bonds. The number of carbonyl (C=O) groups is 1. The fraction of sp³-hybridized carbons (Fsp3) is 0.750. The van der Waals surface area contributed by atoms with Crippen molar-refractivity contribution >= 4 is 17.5 Å². The maximum absolute atomic E-state index is 11.1. The molecule has 0 aliphatic heterocycles. The third-order valence-corrected chi connectivity index (χ3v) is 1.91. The summed E-state index contributed by atoms with van der Waals surface area (Å²) in [5.74, 6) is 0.154. The Morgan fingerprint density at radius 2 is 2.42 bits per heavy atom. The largest absolute Gasteiger partial charge is 0.356 e. The number of hydrogen-bond acceptors (Lipinski definition) is 2. The van der Waals surface area contributed by atoms with E-state index < -0.39 is 0 Å². The molecule has 1 atom stereocenters. The van der Waals surface area contributed by atoms with Crippen molar-refractivity contribution in [3.63, 3.8) is 0 Å². The summed E-state index contributed by atoms with van der Waals surface area (Å²) in [5, 5.41) is 10.9. The number of hydrogen-bond donors (Lipinski definition) is 1. The van der Waals surface area contributed by atoms with Gasteiger partial charge >= 0.3 is 0 Å². The zero-order chi connectivity index (χ0) is 9.40. The van der Waals surface area contributed by atoms with E-state index in [-0.39, 0.29) is 11.8 Å². The average Bonchev–Trinajstić information content (AvgIpc) is 2.10. The van der Waals surface area contributed by atoms with E-state index in [2.05, 4.69) is 5.32 Å². The number of unbranched alkanes of at least 4 members (excludes halogenated alkanes) is 1. The van der Waals surface area contributed by atoms with Crippen molar-refractivity contribution in [1.82, 2.24) is 5.32 Å². The maximum atomic E-state index is 11.1. The van der Waals surface area contributed by atoms with Gasteiger partial charge in [0.15, 0.2) is 0 Å². The zero-order valence-corrected chi connectivity index (χ0v) is 7.90. The lowest BCUT2D eigenvalue weighted by Crippen LogP contribution is -2.30. The van der Waals surface area contributed by atoms with Gasteiger partial charge in [-0.05, 0) is 6.42 Å². The molecule has 0 fully saturated rings. The molecule has 0 radical (unpaired) electrons. The zero-order valence-electron chi connectivity index (χ0n) is 7.14. The van der Waals surface area contributed by atoms with Crippen LogP contribution >= 0.6 is 11.6 Å². The lowest BCUT2D eigenvalue weighted by Gasteiger charge is -2.07. The molecular formula is C8H13ClN2O. The summed E-state index contributed by atoms with van der Waals surface area (Å²) in [4.78, 5) is 11.1.